The van der Waals surface area contributed by atoms with Gasteiger partial charge in [-0.25, -0.2) is 13.6 Å². The van der Waals surface area contributed by atoms with E-state index in [1.807, 2.05) is 0 Å². The van der Waals surface area contributed by atoms with E-state index in [9.17, 15) is 26.7 Å². The smallest absolute Gasteiger partial charge is 0.391 e. The molecule has 9 heteroatoms. The Morgan fingerprint density at radius 3 is 2.41 bits per heavy atom. The molecular weight excluding hydrogens is 313 g/mol. The van der Waals surface area contributed by atoms with Crippen LogP contribution in [-0.2, 0) is 4.74 Å². The van der Waals surface area contributed by atoms with Crippen molar-refractivity contribution in [2.45, 2.75) is 18.6 Å². The van der Waals surface area contributed by atoms with Crippen molar-refractivity contribution < 1.29 is 36.6 Å². The number of carbonyl (C=O) groups is 1. The van der Waals surface area contributed by atoms with Crippen LogP contribution in [0.1, 0.15) is 16.8 Å². The van der Waals surface area contributed by atoms with E-state index in [1.54, 1.807) is 0 Å². The molecule has 1 aromatic rings. The molecule has 1 saturated heterocycles. The molecule has 0 radical (unpaired) electrons. The van der Waals surface area contributed by atoms with Crippen molar-refractivity contribution in [3.05, 3.63) is 29.3 Å². The molecule has 1 heterocycles. The highest BCUT2D eigenvalue weighted by Crippen LogP contribution is 2.30. The Morgan fingerprint density at radius 1 is 1.32 bits per heavy atom. The van der Waals surface area contributed by atoms with Crippen LogP contribution in [0.4, 0.5) is 27.6 Å². The van der Waals surface area contributed by atoms with Gasteiger partial charge in [-0.1, -0.05) is 0 Å². The quantitative estimate of drug-likeness (QED) is 0.868. The van der Waals surface area contributed by atoms with Gasteiger partial charge in [0, 0.05) is 12.2 Å². The number of ether oxygens (including phenoxy) is 1. The van der Waals surface area contributed by atoms with Crippen LogP contribution < -0.4 is 4.90 Å². The molecule has 2 rings (SSSR count). The average molecular weight is 325 g/mol. The van der Waals surface area contributed by atoms with Crippen LogP contribution >= 0.6 is 0 Å². The minimum Gasteiger partial charge on any atom is -0.477 e. The fourth-order valence-corrected chi connectivity index (χ4v) is 2.36. The molecule has 1 unspecified atom stereocenters. The molecule has 1 aliphatic heterocycles. The van der Waals surface area contributed by atoms with Gasteiger partial charge in [0.05, 0.1) is 25.7 Å². The van der Waals surface area contributed by atoms with Gasteiger partial charge in [-0.05, 0) is 12.1 Å². The minimum absolute atomic E-state index is 0.0199. The lowest BCUT2D eigenvalue weighted by molar-refractivity contribution is -0.143. The molecule has 1 aliphatic rings. The van der Waals surface area contributed by atoms with Crippen molar-refractivity contribution in [3.8, 4) is 0 Å². The van der Waals surface area contributed by atoms with Crippen LogP contribution in [-0.4, -0.2) is 43.1 Å². The molecule has 1 fully saturated rings. The van der Waals surface area contributed by atoms with Gasteiger partial charge >= 0.3 is 12.1 Å². The van der Waals surface area contributed by atoms with Crippen molar-refractivity contribution >= 4 is 11.7 Å². The van der Waals surface area contributed by atoms with Crippen LogP contribution in [0.5, 0.6) is 0 Å². The first-order chi connectivity index (χ1) is 10.2. The number of aromatic carboxylic acids is 1. The number of rotatable bonds is 3. The number of carboxylic acid groups (broad SMARTS) is 1. The molecule has 1 aromatic carbocycles. The van der Waals surface area contributed by atoms with Gasteiger partial charge in [0.15, 0.2) is 0 Å². The number of alkyl halides is 3. The average Bonchev–Trinajstić information content (AvgIpc) is 2.35. The molecule has 122 valence electrons. The first-order valence-corrected chi connectivity index (χ1v) is 6.32. The summed E-state index contributed by atoms with van der Waals surface area (Å²) in [5.74, 6) is -4.45. The fraction of sp³-hybridized carbons (Fsp3) is 0.462. The molecule has 0 saturated carbocycles. The highest BCUT2D eigenvalue weighted by Gasteiger charge is 2.37. The van der Waals surface area contributed by atoms with E-state index in [-0.39, 0.29) is 25.4 Å². The zero-order chi connectivity index (χ0) is 16.5. The second-order valence-electron chi connectivity index (χ2n) is 4.83. The lowest BCUT2D eigenvalue weighted by atomic mass is 10.1. The third-order valence-corrected chi connectivity index (χ3v) is 3.27. The molecule has 22 heavy (non-hydrogen) atoms. The predicted molar refractivity (Wildman–Crippen MR) is 65.9 cm³/mol. The summed E-state index contributed by atoms with van der Waals surface area (Å²) in [6.45, 7) is -0.103. The van der Waals surface area contributed by atoms with Crippen molar-refractivity contribution in [1.82, 2.24) is 0 Å². The maximum Gasteiger partial charge on any atom is 0.391 e. The Kier molecular flexibility index (Phi) is 4.55. The Morgan fingerprint density at radius 2 is 1.91 bits per heavy atom. The Balaban J connectivity index is 2.34. The first-order valence-electron chi connectivity index (χ1n) is 6.32. The zero-order valence-electron chi connectivity index (χ0n) is 11.2. The second-order valence-corrected chi connectivity index (χ2v) is 4.83. The van der Waals surface area contributed by atoms with E-state index in [2.05, 4.69) is 0 Å². The normalized spacial score (nSPS) is 19.3. The Labute approximate surface area is 122 Å². The van der Waals surface area contributed by atoms with E-state index < -0.39 is 41.8 Å². The molecule has 0 amide bonds. The van der Waals surface area contributed by atoms with Crippen LogP contribution in [0.25, 0.3) is 0 Å². The summed E-state index contributed by atoms with van der Waals surface area (Å²) in [5, 5.41) is 8.69. The van der Waals surface area contributed by atoms with Gasteiger partial charge in [0.2, 0.25) is 0 Å². The number of halogens is 5. The first kappa shape index (κ1) is 16.5. The van der Waals surface area contributed by atoms with Gasteiger partial charge in [0.25, 0.3) is 0 Å². The number of hydrogen-bond donors (Lipinski definition) is 1. The highest BCUT2D eigenvalue weighted by atomic mass is 19.4. The molecule has 0 bridgehead atoms. The lowest BCUT2D eigenvalue weighted by Crippen LogP contribution is -2.47. The summed E-state index contributed by atoms with van der Waals surface area (Å²) >= 11 is 0. The molecule has 4 nitrogen and oxygen atoms in total. The van der Waals surface area contributed by atoms with Gasteiger partial charge < -0.3 is 14.7 Å². The number of morpholine rings is 1. The van der Waals surface area contributed by atoms with Crippen LogP contribution in [0.3, 0.4) is 0 Å². The molecular formula is C13H12F5NO3. The van der Waals surface area contributed by atoms with Gasteiger partial charge in [0.1, 0.15) is 17.2 Å². The van der Waals surface area contributed by atoms with E-state index in [0.29, 0.717) is 0 Å². The molecule has 0 aliphatic carbocycles. The number of benzene rings is 1. The summed E-state index contributed by atoms with van der Waals surface area (Å²) in [5.41, 5.74) is -1.28. The van der Waals surface area contributed by atoms with Crippen LogP contribution in [0.15, 0.2) is 12.1 Å². The largest absolute Gasteiger partial charge is 0.477 e. The summed E-state index contributed by atoms with van der Waals surface area (Å²) in [6, 6.07) is 0.325. The third-order valence-electron chi connectivity index (χ3n) is 3.27. The lowest BCUT2D eigenvalue weighted by Gasteiger charge is -2.37. The number of hydrogen-bond acceptors (Lipinski definition) is 3. The summed E-state index contributed by atoms with van der Waals surface area (Å²) in [4.78, 5) is 11.9. The van der Waals surface area contributed by atoms with E-state index in [4.69, 9.17) is 9.84 Å². The van der Waals surface area contributed by atoms with Crippen molar-refractivity contribution in [2.24, 2.45) is 0 Å². The van der Waals surface area contributed by atoms with Gasteiger partial charge in [-0.3, -0.25) is 0 Å². The monoisotopic (exact) mass is 325 g/mol. The zero-order valence-corrected chi connectivity index (χ0v) is 11.2. The minimum atomic E-state index is -4.46. The van der Waals surface area contributed by atoms with E-state index in [1.165, 1.54) is 4.90 Å². The third kappa shape index (κ3) is 3.65. The maximum atomic E-state index is 13.7. The van der Waals surface area contributed by atoms with E-state index >= 15 is 0 Å². The summed E-state index contributed by atoms with van der Waals surface area (Å²) in [6.07, 6.45) is -5.65. The van der Waals surface area contributed by atoms with Crippen LogP contribution in [0, 0.1) is 11.6 Å². The molecule has 1 N–H and O–H groups in total. The summed E-state index contributed by atoms with van der Waals surface area (Å²) in [7, 11) is 0. The highest BCUT2D eigenvalue weighted by molar-refractivity contribution is 5.88. The topological polar surface area (TPSA) is 49.8 Å². The fourth-order valence-electron chi connectivity index (χ4n) is 2.36. The number of nitrogens with zero attached hydrogens (tertiary/aromatic N) is 1. The number of anilines is 1. The molecule has 0 aromatic heterocycles. The molecule has 0 spiro atoms. The van der Waals surface area contributed by atoms with Crippen molar-refractivity contribution in [3.63, 3.8) is 0 Å². The standard InChI is InChI=1S/C13H12F5NO3/c14-9-3-7(4-10(15)11(9)12(20)21)19-1-2-22-6-8(19)5-13(16,17)18/h3-4,8H,1-2,5-6H2,(H,20,21). The Bertz CT molecular complexity index is 552. The molecule has 1 atom stereocenters. The summed E-state index contributed by atoms with van der Waals surface area (Å²) < 4.78 is 70.0. The predicted octanol–water partition coefficient (Wildman–Crippen LogP) is 2.82. The Hall–Kier alpha value is -1.90. The second kappa shape index (κ2) is 6.07. The maximum absolute atomic E-state index is 13.7. The van der Waals surface area contributed by atoms with Crippen molar-refractivity contribution in [1.29, 1.82) is 0 Å². The SMILES string of the molecule is O=C(O)c1c(F)cc(N2CCOCC2CC(F)(F)F)cc1F. The van der Waals surface area contributed by atoms with Gasteiger partial charge in [-0.15, -0.1) is 0 Å². The number of carboxylic acids is 1. The van der Waals surface area contributed by atoms with Crippen LogP contribution in [0.2, 0.25) is 0 Å². The van der Waals surface area contributed by atoms with Crippen molar-refractivity contribution in [2.75, 3.05) is 24.7 Å². The van der Waals surface area contributed by atoms with Gasteiger partial charge in [-0.2, -0.15) is 13.2 Å². The van der Waals surface area contributed by atoms with E-state index in [0.717, 1.165) is 12.1 Å².